The summed E-state index contributed by atoms with van der Waals surface area (Å²) in [6, 6.07) is 2.09. The average molecular weight is 195 g/mol. The Bertz CT molecular complexity index is 342. The minimum atomic E-state index is -0.282. The Balaban J connectivity index is 2.52. The van der Waals surface area contributed by atoms with E-state index in [4.69, 9.17) is 0 Å². The second-order valence-electron chi connectivity index (χ2n) is 3.51. The molecule has 2 nitrogen and oxygen atoms in total. The number of aliphatic hydroxyl groups excluding tert-OH is 1. The number of aliphatic hydroxyl groups is 1. The molecule has 0 amide bonds. The standard InChI is InChI=1S/C10H13NOS/c1-11(2)10(7-12)5-3-9-8(10)4-6-13-9/h3-6,12H,7H2,1-2H3. The highest BCUT2D eigenvalue weighted by atomic mass is 32.1. The summed E-state index contributed by atoms with van der Waals surface area (Å²) in [5.74, 6) is 0. The van der Waals surface area contributed by atoms with E-state index < -0.39 is 0 Å². The van der Waals surface area contributed by atoms with Gasteiger partial charge in [-0.15, -0.1) is 11.3 Å². The number of fused-ring (bicyclic) bond motifs is 1. The van der Waals surface area contributed by atoms with Crippen molar-refractivity contribution >= 4 is 17.4 Å². The lowest BCUT2D eigenvalue weighted by molar-refractivity contribution is 0.111. The Kier molecular flexibility index (Phi) is 2.02. The van der Waals surface area contributed by atoms with Gasteiger partial charge in [-0.05, 0) is 37.2 Å². The van der Waals surface area contributed by atoms with Crippen LogP contribution in [0.15, 0.2) is 17.5 Å². The molecule has 70 valence electrons. The van der Waals surface area contributed by atoms with E-state index in [0.29, 0.717) is 0 Å². The Hall–Kier alpha value is -0.640. The van der Waals surface area contributed by atoms with Crippen molar-refractivity contribution in [2.24, 2.45) is 0 Å². The molecular weight excluding hydrogens is 182 g/mol. The van der Waals surface area contributed by atoms with E-state index in [9.17, 15) is 5.11 Å². The van der Waals surface area contributed by atoms with Gasteiger partial charge in [-0.2, -0.15) is 0 Å². The summed E-state index contributed by atoms with van der Waals surface area (Å²) in [4.78, 5) is 3.32. The van der Waals surface area contributed by atoms with Gasteiger partial charge in [-0.1, -0.05) is 6.08 Å². The monoisotopic (exact) mass is 195 g/mol. The topological polar surface area (TPSA) is 23.5 Å². The molecule has 0 bridgehead atoms. The van der Waals surface area contributed by atoms with Crippen LogP contribution in [-0.4, -0.2) is 30.7 Å². The van der Waals surface area contributed by atoms with E-state index >= 15 is 0 Å². The minimum absolute atomic E-state index is 0.139. The van der Waals surface area contributed by atoms with Gasteiger partial charge in [0.05, 0.1) is 12.1 Å². The van der Waals surface area contributed by atoms with Crippen LogP contribution in [0.4, 0.5) is 0 Å². The van der Waals surface area contributed by atoms with E-state index in [1.54, 1.807) is 11.3 Å². The summed E-state index contributed by atoms with van der Waals surface area (Å²) in [7, 11) is 3.99. The van der Waals surface area contributed by atoms with E-state index in [1.807, 2.05) is 14.1 Å². The minimum Gasteiger partial charge on any atom is -0.394 e. The number of likely N-dealkylation sites (N-methyl/N-ethyl adjacent to an activating group) is 1. The van der Waals surface area contributed by atoms with Crippen LogP contribution in [-0.2, 0) is 5.54 Å². The Morgan fingerprint density at radius 2 is 2.31 bits per heavy atom. The molecule has 1 aromatic heterocycles. The third-order valence-electron chi connectivity index (χ3n) is 2.71. The van der Waals surface area contributed by atoms with Crippen molar-refractivity contribution in [3.05, 3.63) is 28.0 Å². The van der Waals surface area contributed by atoms with Crippen LogP contribution >= 0.6 is 11.3 Å². The van der Waals surface area contributed by atoms with E-state index in [2.05, 4.69) is 28.5 Å². The van der Waals surface area contributed by atoms with Gasteiger partial charge < -0.3 is 5.11 Å². The second-order valence-corrected chi connectivity index (χ2v) is 4.46. The van der Waals surface area contributed by atoms with Gasteiger partial charge in [0, 0.05) is 4.88 Å². The largest absolute Gasteiger partial charge is 0.394 e. The smallest absolute Gasteiger partial charge is 0.0892 e. The number of nitrogens with zero attached hydrogens (tertiary/aromatic N) is 1. The summed E-state index contributed by atoms with van der Waals surface area (Å²) < 4.78 is 0. The quantitative estimate of drug-likeness (QED) is 0.773. The number of rotatable bonds is 2. The molecule has 0 spiro atoms. The lowest BCUT2D eigenvalue weighted by atomic mass is 9.94. The van der Waals surface area contributed by atoms with E-state index in [0.717, 1.165) is 0 Å². The van der Waals surface area contributed by atoms with Crippen molar-refractivity contribution in [1.29, 1.82) is 0 Å². The molecule has 0 aliphatic heterocycles. The maximum absolute atomic E-state index is 9.46. The van der Waals surface area contributed by atoms with E-state index in [1.165, 1.54) is 10.4 Å². The van der Waals surface area contributed by atoms with Crippen molar-refractivity contribution in [2.45, 2.75) is 5.54 Å². The summed E-state index contributed by atoms with van der Waals surface area (Å²) in [6.07, 6.45) is 4.17. The first kappa shape index (κ1) is 8.94. The Morgan fingerprint density at radius 1 is 1.54 bits per heavy atom. The van der Waals surface area contributed by atoms with Gasteiger partial charge >= 0.3 is 0 Å². The van der Waals surface area contributed by atoms with Crippen molar-refractivity contribution in [3.63, 3.8) is 0 Å². The zero-order chi connectivity index (χ0) is 9.47. The van der Waals surface area contributed by atoms with Crippen molar-refractivity contribution in [3.8, 4) is 0 Å². The molecule has 1 N–H and O–H groups in total. The normalized spacial score (nSPS) is 25.5. The molecule has 0 fully saturated rings. The lowest BCUT2D eigenvalue weighted by Crippen LogP contribution is -2.41. The zero-order valence-corrected chi connectivity index (χ0v) is 8.64. The first-order valence-electron chi connectivity index (χ1n) is 4.26. The highest BCUT2D eigenvalue weighted by Crippen LogP contribution is 2.39. The van der Waals surface area contributed by atoms with Crippen LogP contribution in [0.5, 0.6) is 0 Å². The van der Waals surface area contributed by atoms with Crippen LogP contribution in [0.1, 0.15) is 10.4 Å². The molecular formula is C10H13NOS. The molecule has 1 atom stereocenters. The van der Waals surface area contributed by atoms with Crippen LogP contribution < -0.4 is 0 Å². The fraction of sp³-hybridized carbons (Fsp3) is 0.400. The highest BCUT2D eigenvalue weighted by Gasteiger charge is 2.36. The third kappa shape index (κ3) is 1.08. The first-order valence-corrected chi connectivity index (χ1v) is 5.14. The highest BCUT2D eigenvalue weighted by molar-refractivity contribution is 7.11. The maximum Gasteiger partial charge on any atom is 0.0892 e. The molecule has 0 saturated heterocycles. The van der Waals surface area contributed by atoms with Gasteiger partial charge in [0.1, 0.15) is 0 Å². The number of thiophene rings is 1. The Labute approximate surface area is 82.1 Å². The molecule has 1 aliphatic rings. The second kappa shape index (κ2) is 2.94. The van der Waals surface area contributed by atoms with Crippen LogP contribution in [0.3, 0.4) is 0 Å². The fourth-order valence-corrected chi connectivity index (χ4v) is 2.65. The predicted molar refractivity (Wildman–Crippen MR) is 55.8 cm³/mol. The summed E-state index contributed by atoms with van der Waals surface area (Å²) in [6.45, 7) is 0.139. The van der Waals surface area contributed by atoms with Gasteiger partial charge in [0.15, 0.2) is 0 Å². The van der Waals surface area contributed by atoms with Crippen molar-refractivity contribution < 1.29 is 5.11 Å². The molecule has 1 aromatic rings. The number of hydrogen-bond donors (Lipinski definition) is 1. The molecule has 0 radical (unpaired) electrons. The fourth-order valence-electron chi connectivity index (χ4n) is 1.78. The van der Waals surface area contributed by atoms with Gasteiger partial charge in [-0.25, -0.2) is 0 Å². The van der Waals surface area contributed by atoms with Crippen molar-refractivity contribution in [1.82, 2.24) is 4.90 Å². The van der Waals surface area contributed by atoms with Crippen LogP contribution in [0, 0.1) is 0 Å². The summed E-state index contributed by atoms with van der Waals surface area (Å²) >= 11 is 1.72. The van der Waals surface area contributed by atoms with Crippen LogP contribution in [0.2, 0.25) is 0 Å². The summed E-state index contributed by atoms with van der Waals surface area (Å²) in [5.41, 5.74) is 0.944. The van der Waals surface area contributed by atoms with Gasteiger partial charge in [0.25, 0.3) is 0 Å². The molecule has 0 aromatic carbocycles. The predicted octanol–water partition coefficient (Wildman–Crippen LogP) is 1.52. The summed E-state index contributed by atoms with van der Waals surface area (Å²) in [5, 5.41) is 11.5. The molecule has 3 heteroatoms. The van der Waals surface area contributed by atoms with Gasteiger partial charge in [-0.3, -0.25) is 4.90 Å². The molecule has 1 heterocycles. The molecule has 1 unspecified atom stereocenters. The zero-order valence-electron chi connectivity index (χ0n) is 7.82. The van der Waals surface area contributed by atoms with Gasteiger partial charge in [0.2, 0.25) is 0 Å². The average Bonchev–Trinajstić information content (AvgIpc) is 2.62. The first-order chi connectivity index (χ1) is 6.20. The lowest BCUT2D eigenvalue weighted by Gasteiger charge is -2.33. The maximum atomic E-state index is 9.46. The van der Waals surface area contributed by atoms with Crippen molar-refractivity contribution in [2.75, 3.05) is 20.7 Å². The van der Waals surface area contributed by atoms with Crippen LogP contribution in [0.25, 0.3) is 6.08 Å². The molecule has 13 heavy (non-hydrogen) atoms. The molecule has 0 saturated carbocycles. The third-order valence-corrected chi connectivity index (χ3v) is 3.59. The molecule has 2 rings (SSSR count). The number of hydrogen-bond acceptors (Lipinski definition) is 3. The SMILES string of the molecule is CN(C)C1(CO)C=Cc2sccc21. The Morgan fingerprint density at radius 3 is 2.92 bits per heavy atom. The van der Waals surface area contributed by atoms with E-state index in [-0.39, 0.29) is 12.1 Å². The molecule has 1 aliphatic carbocycles.